The first-order valence-corrected chi connectivity index (χ1v) is 5.73. The summed E-state index contributed by atoms with van der Waals surface area (Å²) in [6.45, 7) is 2.73. The van der Waals surface area contributed by atoms with E-state index >= 15 is 0 Å². The Morgan fingerprint density at radius 3 is 2.88 bits per heavy atom. The summed E-state index contributed by atoms with van der Waals surface area (Å²) in [6.07, 6.45) is 4.48. The minimum Gasteiger partial charge on any atom is -0.384 e. The number of methoxy groups -OCH3 is 1. The van der Waals surface area contributed by atoms with Gasteiger partial charge in [0, 0.05) is 32.4 Å². The van der Waals surface area contributed by atoms with Gasteiger partial charge in [0.25, 0.3) is 0 Å². The van der Waals surface area contributed by atoms with Gasteiger partial charge in [-0.2, -0.15) is 0 Å². The minimum atomic E-state index is 0.582. The second-order valence-electron chi connectivity index (χ2n) is 4.29. The summed E-state index contributed by atoms with van der Waals surface area (Å²) in [5.41, 5.74) is 6.78. The molecule has 0 spiro atoms. The Kier molecular flexibility index (Phi) is 3.74. The molecule has 1 aliphatic rings. The molecule has 1 heterocycles. The van der Waals surface area contributed by atoms with E-state index in [0.29, 0.717) is 5.82 Å². The molecule has 0 saturated heterocycles. The molecule has 0 radical (unpaired) electrons. The van der Waals surface area contributed by atoms with Gasteiger partial charge in [0.05, 0.1) is 6.61 Å². The molecule has 4 nitrogen and oxygen atoms in total. The first-order chi connectivity index (χ1) is 7.79. The van der Waals surface area contributed by atoms with Crippen LogP contribution < -0.4 is 5.73 Å². The van der Waals surface area contributed by atoms with Gasteiger partial charge in [-0.05, 0) is 24.5 Å². The van der Waals surface area contributed by atoms with Crippen molar-refractivity contribution in [1.29, 1.82) is 0 Å². The van der Waals surface area contributed by atoms with Crippen LogP contribution in [0, 0.1) is 0 Å². The summed E-state index contributed by atoms with van der Waals surface area (Å²) < 4.78 is 5.13. The quantitative estimate of drug-likeness (QED) is 0.786. The molecule has 1 aliphatic carbocycles. The Balaban J connectivity index is 1.91. The van der Waals surface area contributed by atoms with Gasteiger partial charge in [0.2, 0.25) is 0 Å². The van der Waals surface area contributed by atoms with Gasteiger partial charge in [-0.15, -0.1) is 0 Å². The Morgan fingerprint density at radius 2 is 2.31 bits per heavy atom. The molecule has 16 heavy (non-hydrogen) atoms. The lowest BCUT2D eigenvalue weighted by atomic mass is 10.2. The molecule has 1 aromatic rings. The van der Waals surface area contributed by atoms with Crippen molar-refractivity contribution in [1.82, 2.24) is 9.88 Å². The number of anilines is 1. The highest BCUT2D eigenvalue weighted by atomic mass is 16.5. The maximum absolute atomic E-state index is 5.57. The van der Waals surface area contributed by atoms with Gasteiger partial charge >= 0.3 is 0 Å². The monoisotopic (exact) mass is 221 g/mol. The highest BCUT2D eigenvalue weighted by Gasteiger charge is 2.28. The lowest BCUT2D eigenvalue weighted by Gasteiger charge is -2.21. The molecule has 0 amide bonds. The van der Waals surface area contributed by atoms with Gasteiger partial charge in [-0.3, -0.25) is 4.90 Å². The molecule has 4 heteroatoms. The Labute approximate surface area is 96.4 Å². The summed E-state index contributed by atoms with van der Waals surface area (Å²) >= 11 is 0. The fraction of sp³-hybridized carbons (Fsp3) is 0.583. The number of ether oxygens (including phenoxy) is 1. The number of aromatic nitrogens is 1. The smallest absolute Gasteiger partial charge is 0.123 e. The first kappa shape index (κ1) is 11.4. The second-order valence-corrected chi connectivity index (χ2v) is 4.29. The molecule has 0 aromatic carbocycles. The van der Waals surface area contributed by atoms with Crippen molar-refractivity contribution >= 4 is 5.82 Å². The zero-order valence-corrected chi connectivity index (χ0v) is 9.72. The SMILES string of the molecule is COCCN(Cc1ccc(N)nc1)C1CC1. The van der Waals surface area contributed by atoms with Crippen LogP contribution in [0.25, 0.3) is 0 Å². The molecule has 0 bridgehead atoms. The van der Waals surface area contributed by atoms with Gasteiger partial charge in [0.15, 0.2) is 0 Å². The van der Waals surface area contributed by atoms with E-state index in [1.54, 1.807) is 7.11 Å². The van der Waals surface area contributed by atoms with Crippen LogP contribution in [0.3, 0.4) is 0 Å². The Morgan fingerprint density at radius 1 is 1.50 bits per heavy atom. The molecule has 1 fully saturated rings. The van der Waals surface area contributed by atoms with Crippen molar-refractivity contribution < 1.29 is 4.74 Å². The van der Waals surface area contributed by atoms with Crippen LogP contribution in [0.1, 0.15) is 18.4 Å². The highest BCUT2D eigenvalue weighted by Crippen LogP contribution is 2.27. The van der Waals surface area contributed by atoms with Gasteiger partial charge in [-0.1, -0.05) is 6.07 Å². The fourth-order valence-electron chi connectivity index (χ4n) is 1.80. The van der Waals surface area contributed by atoms with Crippen molar-refractivity contribution in [3.63, 3.8) is 0 Å². The van der Waals surface area contributed by atoms with E-state index < -0.39 is 0 Å². The first-order valence-electron chi connectivity index (χ1n) is 5.73. The predicted octanol–water partition coefficient (Wildman–Crippen LogP) is 1.27. The topological polar surface area (TPSA) is 51.4 Å². The molecule has 0 aliphatic heterocycles. The summed E-state index contributed by atoms with van der Waals surface area (Å²) in [6, 6.07) is 4.65. The standard InChI is InChI=1S/C12H19N3O/c1-16-7-6-15(11-3-4-11)9-10-2-5-12(13)14-8-10/h2,5,8,11H,3-4,6-7,9H2,1H3,(H2,13,14). The zero-order chi connectivity index (χ0) is 11.4. The fourth-order valence-corrected chi connectivity index (χ4v) is 1.80. The Hall–Kier alpha value is -1.13. The van der Waals surface area contributed by atoms with Crippen LogP contribution in [0.15, 0.2) is 18.3 Å². The number of nitrogen functional groups attached to an aromatic ring is 1. The zero-order valence-electron chi connectivity index (χ0n) is 9.72. The van der Waals surface area contributed by atoms with Crippen LogP contribution >= 0.6 is 0 Å². The molecule has 0 atom stereocenters. The van der Waals surface area contributed by atoms with Crippen molar-refractivity contribution in [2.75, 3.05) is 26.0 Å². The summed E-state index contributed by atoms with van der Waals surface area (Å²) in [7, 11) is 1.75. The molecule has 88 valence electrons. The second kappa shape index (κ2) is 5.27. The maximum atomic E-state index is 5.57. The average molecular weight is 221 g/mol. The largest absolute Gasteiger partial charge is 0.384 e. The molecule has 2 N–H and O–H groups in total. The number of hydrogen-bond donors (Lipinski definition) is 1. The van der Waals surface area contributed by atoms with E-state index in [4.69, 9.17) is 10.5 Å². The predicted molar refractivity (Wildman–Crippen MR) is 64.0 cm³/mol. The van der Waals surface area contributed by atoms with E-state index in [1.807, 2.05) is 18.3 Å². The van der Waals surface area contributed by atoms with E-state index in [-0.39, 0.29) is 0 Å². The van der Waals surface area contributed by atoms with Crippen LogP contribution in [0.5, 0.6) is 0 Å². The number of hydrogen-bond acceptors (Lipinski definition) is 4. The summed E-state index contributed by atoms with van der Waals surface area (Å²) in [5, 5.41) is 0. The lowest BCUT2D eigenvalue weighted by molar-refractivity contribution is 0.139. The maximum Gasteiger partial charge on any atom is 0.123 e. The summed E-state index contributed by atoms with van der Waals surface area (Å²) in [4.78, 5) is 6.57. The number of rotatable bonds is 6. The van der Waals surface area contributed by atoms with Gasteiger partial charge < -0.3 is 10.5 Å². The van der Waals surface area contributed by atoms with Crippen LogP contribution in [-0.4, -0.2) is 36.2 Å². The third-order valence-electron chi connectivity index (χ3n) is 2.88. The Bertz CT molecular complexity index is 322. The number of nitrogens with two attached hydrogens (primary N) is 1. The number of pyridine rings is 1. The average Bonchev–Trinajstić information content (AvgIpc) is 3.11. The van der Waals surface area contributed by atoms with Crippen molar-refractivity contribution in [2.45, 2.75) is 25.4 Å². The molecule has 2 rings (SSSR count). The van der Waals surface area contributed by atoms with Crippen molar-refractivity contribution in [3.8, 4) is 0 Å². The third-order valence-corrected chi connectivity index (χ3v) is 2.88. The van der Waals surface area contributed by atoms with Crippen LogP contribution in [0.2, 0.25) is 0 Å². The summed E-state index contributed by atoms with van der Waals surface area (Å²) in [5.74, 6) is 0.582. The van der Waals surface area contributed by atoms with Crippen LogP contribution in [-0.2, 0) is 11.3 Å². The lowest BCUT2D eigenvalue weighted by Crippen LogP contribution is -2.29. The van der Waals surface area contributed by atoms with E-state index in [0.717, 1.165) is 25.7 Å². The van der Waals surface area contributed by atoms with Gasteiger partial charge in [0.1, 0.15) is 5.82 Å². The molecule has 1 saturated carbocycles. The normalized spacial score (nSPS) is 15.6. The van der Waals surface area contributed by atoms with Crippen molar-refractivity contribution in [2.24, 2.45) is 0 Å². The van der Waals surface area contributed by atoms with Crippen molar-refractivity contribution in [3.05, 3.63) is 23.9 Å². The molecular formula is C12H19N3O. The van der Waals surface area contributed by atoms with E-state index in [2.05, 4.69) is 9.88 Å². The van der Waals surface area contributed by atoms with Gasteiger partial charge in [-0.25, -0.2) is 4.98 Å². The number of nitrogens with zero attached hydrogens (tertiary/aromatic N) is 2. The minimum absolute atomic E-state index is 0.582. The molecule has 1 aromatic heterocycles. The molecular weight excluding hydrogens is 202 g/mol. The van der Waals surface area contributed by atoms with Crippen LogP contribution in [0.4, 0.5) is 5.82 Å². The van der Waals surface area contributed by atoms with E-state index in [9.17, 15) is 0 Å². The third kappa shape index (κ3) is 3.18. The van der Waals surface area contributed by atoms with E-state index in [1.165, 1.54) is 18.4 Å². The molecule has 0 unspecified atom stereocenters. The highest BCUT2D eigenvalue weighted by molar-refractivity contribution is 5.29.